The zero-order chi connectivity index (χ0) is 16.8. The first-order valence-corrected chi connectivity index (χ1v) is 8.28. The van der Waals surface area contributed by atoms with Gasteiger partial charge in [0, 0.05) is 24.8 Å². The predicted octanol–water partition coefficient (Wildman–Crippen LogP) is 1.81. The molecule has 1 fully saturated rings. The van der Waals surface area contributed by atoms with Crippen LogP contribution in [0.5, 0.6) is 0 Å². The van der Waals surface area contributed by atoms with E-state index in [0.717, 1.165) is 25.2 Å². The minimum atomic E-state index is -0.0933. The molecular formula is C18H22N4O2. The maximum absolute atomic E-state index is 12.2. The quantitative estimate of drug-likeness (QED) is 0.907. The Morgan fingerprint density at radius 3 is 2.67 bits per heavy atom. The van der Waals surface area contributed by atoms with Crippen molar-refractivity contribution in [1.29, 1.82) is 0 Å². The molecule has 1 amide bonds. The highest BCUT2D eigenvalue weighted by molar-refractivity contribution is 5.94. The molecule has 0 atom stereocenters. The van der Waals surface area contributed by atoms with Crippen LogP contribution in [0, 0.1) is 0 Å². The number of nitrogens with one attached hydrogen (secondary N) is 1. The van der Waals surface area contributed by atoms with Gasteiger partial charge in [0.05, 0.1) is 25.5 Å². The molecule has 1 N–H and O–H groups in total. The number of hydrogen-bond donors (Lipinski definition) is 1. The molecule has 6 heteroatoms. The SMILES string of the molecule is CCc1ccc(C(=O)NCc2ccnc(N3CCOCC3)n2)cc1. The summed E-state index contributed by atoms with van der Waals surface area (Å²) in [5.74, 6) is 0.599. The third-order valence-corrected chi connectivity index (χ3v) is 4.05. The van der Waals surface area contributed by atoms with Crippen LogP contribution in [0.15, 0.2) is 36.5 Å². The highest BCUT2D eigenvalue weighted by Gasteiger charge is 2.14. The smallest absolute Gasteiger partial charge is 0.251 e. The molecule has 126 valence electrons. The van der Waals surface area contributed by atoms with E-state index in [1.54, 1.807) is 6.20 Å². The molecule has 2 heterocycles. The summed E-state index contributed by atoms with van der Waals surface area (Å²) in [7, 11) is 0. The zero-order valence-electron chi connectivity index (χ0n) is 13.9. The molecule has 0 spiro atoms. The largest absolute Gasteiger partial charge is 0.378 e. The molecule has 6 nitrogen and oxygen atoms in total. The molecule has 0 saturated carbocycles. The Morgan fingerprint density at radius 1 is 1.21 bits per heavy atom. The summed E-state index contributed by atoms with van der Waals surface area (Å²) < 4.78 is 5.34. The number of carbonyl (C=O) groups is 1. The van der Waals surface area contributed by atoms with Crippen molar-refractivity contribution in [2.45, 2.75) is 19.9 Å². The standard InChI is InChI=1S/C18H22N4O2/c1-2-14-3-5-15(6-4-14)17(23)20-13-16-7-8-19-18(21-16)22-9-11-24-12-10-22/h3-8H,2,9-13H2,1H3,(H,20,23). The first-order valence-electron chi connectivity index (χ1n) is 8.28. The van der Waals surface area contributed by atoms with Gasteiger partial charge in [-0.1, -0.05) is 19.1 Å². The van der Waals surface area contributed by atoms with Crippen molar-refractivity contribution in [2.75, 3.05) is 31.2 Å². The van der Waals surface area contributed by atoms with Crippen LogP contribution in [0.2, 0.25) is 0 Å². The monoisotopic (exact) mass is 326 g/mol. The van der Waals surface area contributed by atoms with Crippen LogP contribution in [0.4, 0.5) is 5.95 Å². The molecule has 1 aromatic carbocycles. The first kappa shape index (κ1) is 16.4. The van der Waals surface area contributed by atoms with Crippen LogP contribution < -0.4 is 10.2 Å². The van der Waals surface area contributed by atoms with Crippen molar-refractivity contribution in [1.82, 2.24) is 15.3 Å². The van der Waals surface area contributed by atoms with Gasteiger partial charge >= 0.3 is 0 Å². The van der Waals surface area contributed by atoms with E-state index in [1.165, 1.54) is 5.56 Å². The normalized spacial score (nSPS) is 14.5. The van der Waals surface area contributed by atoms with E-state index in [1.807, 2.05) is 30.3 Å². The van der Waals surface area contributed by atoms with Gasteiger partial charge in [-0.25, -0.2) is 9.97 Å². The second kappa shape index (κ2) is 7.88. The number of anilines is 1. The Morgan fingerprint density at radius 2 is 1.96 bits per heavy atom. The Labute approximate surface area is 141 Å². The highest BCUT2D eigenvalue weighted by Crippen LogP contribution is 2.10. The lowest BCUT2D eigenvalue weighted by molar-refractivity contribution is 0.0950. The van der Waals surface area contributed by atoms with E-state index in [4.69, 9.17) is 4.74 Å². The summed E-state index contributed by atoms with van der Waals surface area (Å²) >= 11 is 0. The average Bonchev–Trinajstić information content (AvgIpc) is 2.67. The summed E-state index contributed by atoms with van der Waals surface area (Å²) in [5.41, 5.74) is 2.68. The Kier molecular flexibility index (Phi) is 5.38. The molecule has 0 bridgehead atoms. The molecular weight excluding hydrogens is 304 g/mol. The van der Waals surface area contributed by atoms with E-state index in [2.05, 4.69) is 27.1 Å². The fourth-order valence-electron chi connectivity index (χ4n) is 2.56. The van der Waals surface area contributed by atoms with Crippen molar-refractivity contribution in [2.24, 2.45) is 0 Å². The van der Waals surface area contributed by atoms with Crippen molar-refractivity contribution >= 4 is 11.9 Å². The third-order valence-electron chi connectivity index (χ3n) is 4.05. The molecule has 0 aliphatic carbocycles. The van der Waals surface area contributed by atoms with Crippen LogP contribution in [0.1, 0.15) is 28.5 Å². The minimum absolute atomic E-state index is 0.0933. The first-order chi connectivity index (χ1) is 11.8. The maximum atomic E-state index is 12.2. The van der Waals surface area contributed by atoms with Gasteiger partial charge in [0.1, 0.15) is 0 Å². The molecule has 1 aromatic heterocycles. The number of hydrogen-bond acceptors (Lipinski definition) is 5. The summed E-state index contributed by atoms with van der Waals surface area (Å²) in [4.78, 5) is 23.2. The average molecular weight is 326 g/mol. The van der Waals surface area contributed by atoms with Gasteiger partial charge in [-0.3, -0.25) is 4.79 Å². The third kappa shape index (κ3) is 4.08. The van der Waals surface area contributed by atoms with Crippen LogP contribution in [-0.2, 0) is 17.7 Å². The number of benzene rings is 1. The van der Waals surface area contributed by atoms with Crippen LogP contribution in [0.3, 0.4) is 0 Å². The number of aromatic nitrogens is 2. The second-order valence-corrected chi connectivity index (χ2v) is 5.68. The summed E-state index contributed by atoms with van der Waals surface area (Å²) in [5, 5.41) is 2.91. The zero-order valence-corrected chi connectivity index (χ0v) is 13.9. The fraction of sp³-hybridized carbons (Fsp3) is 0.389. The Bertz CT molecular complexity index is 682. The lowest BCUT2D eigenvalue weighted by atomic mass is 10.1. The Balaban J connectivity index is 1.60. The minimum Gasteiger partial charge on any atom is -0.378 e. The van der Waals surface area contributed by atoms with E-state index < -0.39 is 0 Å². The lowest BCUT2D eigenvalue weighted by Gasteiger charge is -2.26. The van der Waals surface area contributed by atoms with Crippen molar-refractivity contribution in [3.8, 4) is 0 Å². The molecule has 0 unspecified atom stereocenters. The summed E-state index contributed by atoms with van der Waals surface area (Å²) in [6.07, 6.45) is 2.70. The van der Waals surface area contributed by atoms with Gasteiger partial charge in [0.25, 0.3) is 5.91 Å². The number of ether oxygens (including phenoxy) is 1. The van der Waals surface area contributed by atoms with Crippen molar-refractivity contribution in [3.63, 3.8) is 0 Å². The fourth-order valence-corrected chi connectivity index (χ4v) is 2.56. The van der Waals surface area contributed by atoms with Gasteiger partial charge in [-0.15, -0.1) is 0 Å². The molecule has 1 aliphatic heterocycles. The van der Waals surface area contributed by atoms with Gasteiger partial charge in [0.2, 0.25) is 5.95 Å². The lowest BCUT2D eigenvalue weighted by Crippen LogP contribution is -2.37. The topological polar surface area (TPSA) is 67.4 Å². The number of aryl methyl sites for hydroxylation is 1. The number of carbonyl (C=O) groups excluding carboxylic acids is 1. The predicted molar refractivity (Wildman–Crippen MR) is 92.1 cm³/mol. The van der Waals surface area contributed by atoms with Crippen molar-refractivity contribution < 1.29 is 9.53 Å². The van der Waals surface area contributed by atoms with Gasteiger partial charge in [0.15, 0.2) is 0 Å². The molecule has 1 aliphatic rings. The van der Waals surface area contributed by atoms with Crippen molar-refractivity contribution in [3.05, 3.63) is 53.3 Å². The van der Waals surface area contributed by atoms with Gasteiger partial charge in [-0.2, -0.15) is 0 Å². The molecule has 2 aromatic rings. The molecule has 0 radical (unpaired) electrons. The summed E-state index contributed by atoms with van der Waals surface area (Å²) in [6, 6.07) is 9.50. The van der Waals surface area contributed by atoms with E-state index in [0.29, 0.717) is 31.3 Å². The van der Waals surface area contributed by atoms with Crippen LogP contribution >= 0.6 is 0 Å². The highest BCUT2D eigenvalue weighted by atomic mass is 16.5. The van der Waals surface area contributed by atoms with Gasteiger partial charge < -0.3 is 15.0 Å². The molecule has 24 heavy (non-hydrogen) atoms. The number of amides is 1. The number of nitrogens with zero attached hydrogens (tertiary/aromatic N) is 3. The van der Waals surface area contributed by atoms with Crippen LogP contribution in [-0.4, -0.2) is 42.2 Å². The van der Waals surface area contributed by atoms with E-state index >= 15 is 0 Å². The molecule has 1 saturated heterocycles. The van der Waals surface area contributed by atoms with E-state index in [-0.39, 0.29) is 5.91 Å². The number of morpholine rings is 1. The van der Waals surface area contributed by atoms with Crippen LogP contribution in [0.25, 0.3) is 0 Å². The second-order valence-electron chi connectivity index (χ2n) is 5.68. The van der Waals surface area contributed by atoms with E-state index in [9.17, 15) is 4.79 Å². The Hall–Kier alpha value is -2.47. The molecule has 3 rings (SSSR count). The summed E-state index contributed by atoms with van der Waals surface area (Å²) in [6.45, 7) is 5.44. The van der Waals surface area contributed by atoms with Gasteiger partial charge in [-0.05, 0) is 30.2 Å². The number of rotatable bonds is 5. The maximum Gasteiger partial charge on any atom is 0.251 e.